The highest BCUT2D eigenvalue weighted by Gasteiger charge is 2.37. The van der Waals surface area contributed by atoms with Gasteiger partial charge in [-0.1, -0.05) is 18.2 Å². The first kappa shape index (κ1) is 23.2. The molecule has 1 aliphatic heterocycles. The molecule has 0 saturated carbocycles. The fourth-order valence-corrected chi connectivity index (χ4v) is 5.06. The van der Waals surface area contributed by atoms with Crippen molar-refractivity contribution in [3.63, 3.8) is 0 Å². The van der Waals surface area contributed by atoms with Crippen LogP contribution >= 0.6 is 0 Å². The normalized spacial score (nSPS) is 19.5. The number of likely N-dealkylation sites (N-methyl/N-ethyl adjacent to an activating group) is 1. The van der Waals surface area contributed by atoms with Crippen LogP contribution in [0.5, 0.6) is 0 Å². The molecular weight excluding hydrogens is 436 g/mol. The molecule has 0 radical (unpaired) electrons. The number of hydrogen-bond acceptors (Lipinski definition) is 6. The van der Waals surface area contributed by atoms with Gasteiger partial charge in [-0.15, -0.1) is 0 Å². The van der Waals surface area contributed by atoms with Gasteiger partial charge < -0.3 is 15.1 Å². The number of benzene rings is 1. The molecule has 1 aromatic carbocycles. The number of hydrogen-bond donors (Lipinski definition) is 2. The molecule has 2 N–H and O–H groups in total. The van der Waals surface area contributed by atoms with Gasteiger partial charge in [0, 0.05) is 24.9 Å². The minimum absolute atomic E-state index is 0.0494. The highest BCUT2D eigenvalue weighted by molar-refractivity contribution is 7.89. The lowest BCUT2D eigenvalue weighted by atomic mass is 9.97. The molecule has 0 bridgehead atoms. The van der Waals surface area contributed by atoms with E-state index in [-0.39, 0.29) is 16.7 Å². The van der Waals surface area contributed by atoms with Gasteiger partial charge in [0.25, 0.3) is 10.0 Å². The van der Waals surface area contributed by atoms with E-state index in [0.717, 1.165) is 22.3 Å². The number of ketones is 1. The first-order valence-corrected chi connectivity index (χ1v) is 11.0. The zero-order valence-corrected chi connectivity index (χ0v) is 18.2. The van der Waals surface area contributed by atoms with Gasteiger partial charge in [-0.05, 0) is 67.1 Å². The highest BCUT2D eigenvalue weighted by atomic mass is 32.2. The number of carbonyl (C=O) groups excluding carboxylic acids is 1. The minimum Gasteiger partial charge on any atom is -0.473 e. The van der Waals surface area contributed by atoms with Gasteiger partial charge in [0.05, 0.1) is 4.90 Å². The predicted octanol–water partition coefficient (Wildman–Crippen LogP) is 1.77. The fourth-order valence-electron chi connectivity index (χ4n) is 3.80. The summed E-state index contributed by atoms with van der Waals surface area (Å²) >= 11 is 0. The highest BCUT2D eigenvalue weighted by Crippen LogP contribution is 2.44. The Kier molecular flexibility index (Phi) is 6.47. The fraction of sp³-hybridized carbons (Fsp3) is 0.227. The van der Waals surface area contributed by atoms with Gasteiger partial charge in [-0.3, -0.25) is 4.79 Å². The molecule has 10 heteroatoms. The first-order valence-electron chi connectivity index (χ1n) is 9.60. The van der Waals surface area contributed by atoms with Crippen LogP contribution in [0, 0.1) is 0 Å². The molecule has 0 fully saturated rings. The Bertz CT molecular complexity index is 1180. The summed E-state index contributed by atoms with van der Waals surface area (Å²) < 4.78 is 27.3. The summed E-state index contributed by atoms with van der Waals surface area (Å²) in [6.07, 6.45) is 7.70. The van der Waals surface area contributed by atoms with Crippen molar-refractivity contribution in [2.45, 2.75) is 23.8 Å². The van der Waals surface area contributed by atoms with E-state index in [1.54, 1.807) is 54.9 Å². The Morgan fingerprint density at radius 1 is 1.03 bits per heavy atom. The van der Waals surface area contributed by atoms with E-state index in [9.17, 15) is 13.2 Å². The lowest BCUT2D eigenvalue weighted by Gasteiger charge is -2.24. The van der Waals surface area contributed by atoms with Crippen molar-refractivity contribution in [3.05, 3.63) is 77.2 Å². The van der Waals surface area contributed by atoms with Gasteiger partial charge in [0.1, 0.15) is 0 Å². The molecular formula is C22H22N2O7S. The zero-order chi connectivity index (χ0) is 23.6. The molecule has 3 aliphatic rings. The predicted molar refractivity (Wildman–Crippen MR) is 115 cm³/mol. The van der Waals surface area contributed by atoms with E-state index in [1.807, 2.05) is 14.1 Å². The van der Waals surface area contributed by atoms with Crippen molar-refractivity contribution in [1.82, 2.24) is 9.21 Å². The lowest BCUT2D eigenvalue weighted by Crippen LogP contribution is -2.28. The Morgan fingerprint density at radius 3 is 2.22 bits per heavy atom. The summed E-state index contributed by atoms with van der Waals surface area (Å²) in [5, 5.41) is 14.8. The Morgan fingerprint density at radius 2 is 1.66 bits per heavy atom. The molecule has 0 spiro atoms. The largest absolute Gasteiger partial charge is 0.473 e. The number of aliphatic carboxylic acids is 2. The standard InChI is InChI=1S/C20H20N2O3S.C2H2O4/c1-21(2)19-10-15-13-22(26(24,25)17-6-4-3-5-7-17)12-14-8-9-16(23)11-18(19)20(14)15;3-1(4)2(5)6/h3-9,12-13,19H,10-11H2,1-2H3;(H,3,4)(H,5,6). The molecule has 9 nitrogen and oxygen atoms in total. The molecule has 0 amide bonds. The van der Waals surface area contributed by atoms with Gasteiger partial charge in [-0.25, -0.2) is 22.3 Å². The van der Waals surface area contributed by atoms with Crippen molar-refractivity contribution in [2.24, 2.45) is 0 Å². The molecule has 1 unspecified atom stereocenters. The molecule has 1 heterocycles. The van der Waals surface area contributed by atoms with Crippen LogP contribution in [-0.2, 0) is 24.4 Å². The van der Waals surface area contributed by atoms with Gasteiger partial charge in [0.2, 0.25) is 0 Å². The summed E-state index contributed by atoms with van der Waals surface area (Å²) in [5.41, 5.74) is 3.87. The van der Waals surface area contributed by atoms with Crippen molar-refractivity contribution >= 4 is 27.7 Å². The molecule has 1 atom stereocenters. The summed E-state index contributed by atoms with van der Waals surface area (Å²) in [7, 11) is 0.299. The van der Waals surface area contributed by atoms with Gasteiger partial charge in [-0.2, -0.15) is 0 Å². The summed E-state index contributed by atoms with van der Waals surface area (Å²) in [5.74, 6) is -3.60. The second-order valence-electron chi connectivity index (χ2n) is 7.56. The quantitative estimate of drug-likeness (QED) is 0.655. The first-order chi connectivity index (χ1) is 15.0. The second kappa shape index (κ2) is 8.93. The van der Waals surface area contributed by atoms with Crippen molar-refractivity contribution in [1.29, 1.82) is 0 Å². The molecule has 168 valence electrons. The maximum Gasteiger partial charge on any atom is 0.414 e. The SMILES string of the molecule is CN(C)C1CC2=CN(S(=O)(=O)c3ccccc3)C=C3C=CC(=O)CC1=C32.O=C(O)C(=O)O. The number of nitrogens with zero attached hydrogens (tertiary/aromatic N) is 2. The second-order valence-corrected chi connectivity index (χ2v) is 9.40. The molecule has 0 aromatic heterocycles. The third kappa shape index (κ3) is 4.56. The maximum absolute atomic E-state index is 13.0. The van der Waals surface area contributed by atoms with E-state index in [2.05, 4.69) is 4.90 Å². The van der Waals surface area contributed by atoms with Crippen LogP contribution in [0.25, 0.3) is 0 Å². The number of carboxylic acid groups (broad SMARTS) is 2. The van der Waals surface area contributed by atoms with E-state index >= 15 is 0 Å². The van der Waals surface area contributed by atoms with Gasteiger partial charge >= 0.3 is 11.9 Å². The van der Waals surface area contributed by atoms with Crippen LogP contribution in [0.15, 0.2) is 82.1 Å². The average molecular weight is 458 g/mol. The van der Waals surface area contributed by atoms with E-state index in [4.69, 9.17) is 19.8 Å². The van der Waals surface area contributed by atoms with Crippen molar-refractivity contribution in [3.8, 4) is 0 Å². The third-order valence-electron chi connectivity index (χ3n) is 5.23. The molecule has 4 rings (SSSR count). The summed E-state index contributed by atoms with van der Waals surface area (Å²) in [6.45, 7) is 0. The third-order valence-corrected chi connectivity index (χ3v) is 6.87. The summed E-state index contributed by atoms with van der Waals surface area (Å²) in [4.78, 5) is 32.7. The molecule has 1 aromatic rings. The topological polar surface area (TPSA) is 132 Å². The summed E-state index contributed by atoms with van der Waals surface area (Å²) in [6, 6.07) is 8.50. The van der Waals surface area contributed by atoms with E-state index in [0.29, 0.717) is 12.8 Å². The minimum atomic E-state index is -3.67. The number of allylic oxidation sites excluding steroid dienone is 4. The van der Waals surface area contributed by atoms with Crippen LogP contribution in [-0.4, -0.2) is 65.7 Å². The van der Waals surface area contributed by atoms with Crippen LogP contribution in [0.4, 0.5) is 0 Å². The van der Waals surface area contributed by atoms with Crippen LogP contribution in [0.1, 0.15) is 12.8 Å². The van der Waals surface area contributed by atoms with Gasteiger partial charge in [0.15, 0.2) is 5.78 Å². The average Bonchev–Trinajstić information content (AvgIpc) is 3.02. The maximum atomic E-state index is 13.0. The van der Waals surface area contributed by atoms with Crippen LogP contribution in [0.2, 0.25) is 0 Å². The number of carboxylic acids is 2. The molecule has 2 aliphatic carbocycles. The number of carbonyl (C=O) groups is 3. The monoisotopic (exact) mass is 458 g/mol. The van der Waals surface area contributed by atoms with Crippen LogP contribution < -0.4 is 0 Å². The Hall–Kier alpha value is -3.50. The van der Waals surface area contributed by atoms with Crippen molar-refractivity contribution in [2.75, 3.05) is 14.1 Å². The number of rotatable bonds is 3. The zero-order valence-electron chi connectivity index (χ0n) is 17.4. The van der Waals surface area contributed by atoms with E-state index in [1.165, 1.54) is 4.31 Å². The Labute approximate surface area is 185 Å². The lowest BCUT2D eigenvalue weighted by molar-refractivity contribution is -0.159. The van der Waals surface area contributed by atoms with E-state index < -0.39 is 22.0 Å². The Balaban J connectivity index is 0.000000427. The van der Waals surface area contributed by atoms with Crippen LogP contribution in [0.3, 0.4) is 0 Å². The number of sulfonamides is 1. The molecule has 0 saturated heterocycles. The van der Waals surface area contributed by atoms with Crippen molar-refractivity contribution < 1.29 is 33.0 Å². The smallest absolute Gasteiger partial charge is 0.414 e. The molecule has 32 heavy (non-hydrogen) atoms.